The summed E-state index contributed by atoms with van der Waals surface area (Å²) in [7, 11) is 0. The minimum atomic E-state index is -0.304. The van der Waals surface area contributed by atoms with E-state index in [-0.39, 0.29) is 11.6 Å². The molecule has 108 valence electrons. The van der Waals surface area contributed by atoms with Crippen molar-refractivity contribution in [1.29, 1.82) is 0 Å². The monoisotopic (exact) mass is 284 g/mol. The van der Waals surface area contributed by atoms with Crippen LogP contribution in [0.5, 0.6) is 5.75 Å². The number of carbonyl (C=O) groups is 1. The number of halogens is 1. The zero-order valence-corrected chi connectivity index (χ0v) is 12.1. The standard InChI is InChI=1S/C18H17FO2/c1-3-21-16-8-4-14(5-9-16)6-11-18(20)15-7-10-17(19)13(2)12-15/h4-12H,3H2,1-2H3/b11-6+. The Hall–Kier alpha value is -2.42. The van der Waals surface area contributed by atoms with Crippen molar-refractivity contribution >= 4 is 11.9 Å². The van der Waals surface area contributed by atoms with E-state index < -0.39 is 0 Å². The average Bonchev–Trinajstić information content (AvgIpc) is 2.49. The lowest BCUT2D eigenvalue weighted by Gasteiger charge is -2.02. The van der Waals surface area contributed by atoms with Gasteiger partial charge in [0.2, 0.25) is 0 Å². The Labute approximate surface area is 123 Å². The maximum absolute atomic E-state index is 13.2. The second kappa shape index (κ2) is 6.84. The maximum Gasteiger partial charge on any atom is 0.185 e. The predicted molar refractivity (Wildman–Crippen MR) is 82.1 cm³/mol. The number of allylic oxidation sites excluding steroid dienone is 1. The lowest BCUT2D eigenvalue weighted by atomic mass is 10.1. The first-order valence-corrected chi connectivity index (χ1v) is 6.81. The van der Waals surface area contributed by atoms with E-state index in [9.17, 15) is 9.18 Å². The van der Waals surface area contributed by atoms with Crippen LogP contribution in [0.25, 0.3) is 6.08 Å². The van der Waals surface area contributed by atoms with Gasteiger partial charge in [-0.25, -0.2) is 4.39 Å². The second-order valence-corrected chi connectivity index (χ2v) is 4.66. The fraction of sp³-hybridized carbons (Fsp3) is 0.167. The van der Waals surface area contributed by atoms with Crippen molar-refractivity contribution in [3.63, 3.8) is 0 Å². The second-order valence-electron chi connectivity index (χ2n) is 4.66. The third-order valence-corrected chi connectivity index (χ3v) is 3.06. The highest BCUT2D eigenvalue weighted by atomic mass is 19.1. The van der Waals surface area contributed by atoms with Crippen LogP contribution in [0.4, 0.5) is 4.39 Å². The van der Waals surface area contributed by atoms with Crippen LogP contribution in [-0.2, 0) is 0 Å². The van der Waals surface area contributed by atoms with Crippen molar-refractivity contribution in [2.45, 2.75) is 13.8 Å². The lowest BCUT2D eigenvalue weighted by Crippen LogP contribution is -1.96. The molecule has 2 rings (SSSR count). The van der Waals surface area contributed by atoms with Crippen LogP contribution in [0.3, 0.4) is 0 Å². The normalized spacial score (nSPS) is 10.8. The van der Waals surface area contributed by atoms with Crippen LogP contribution in [0.2, 0.25) is 0 Å². The number of hydrogen-bond donors (Lipinski definition) is 0. The minimum Gasteiger partial charge on any atom is -0.494 e. The molecule has 2 aromatic carbocycles. The van der Waals surface area contributed by atoms with Crippen LogP contribution in [0.1, 0.15) is 28.4 Å². The molecule has 0 aliphatic rings. The Bertz CT molecular complexity index is 657. The van der Waals surface area contributed by atoms with Crippen LogP contribution >= 0.6 is 0 Å². The molecule has 2 nitrogen and oxygen atoms in total. The lowest BCUT2D eigenvalue weighted by molar-refractivity contribution is 0.104. The summed E-state index contributed by atoms with van der Waals surface area (Å²) in [4.78, 5) is 12.0. The van der Waals surface area contributed by atoms with Gasteiger partial charge in [-0.05, 0) is 61.4 Å². The topological polar surface area (TPSA) is 26.3 Å². The summed E-state index contributed by atoms with van der Waals surface area (Å²) >= 11 is 0. The van der Waals surface area contributed by atoms with Gasteiger partial charge < -0.3 is 4.74 Å². The SMILES string of the molecule is CCOc1ccc(/C=C/C(=O)c2ccc(F)c(C)c2)cc1. The van der Waals surface area contributed by atoms with Crippen LogP contribution in [-0.4, -0.2) is 12.4 Å². The molecule has 0 saturated heterocycles. The van der Waals surface area contributed by atoms with Crippen molar-refractivity contribution in [2.75, 3.05) is 6.61 Å². The first-order valence-electron chi connectivity index (χ1n) is 6.81. The molecule has 0 aromatic heterocycles. The fourth-order valence-electron chi connectivity index (χ4n) is 1.91. The molecule has 0 aliphatic carbocycles. The Balaban J connectivity index is 2.09. The van der Waals surface area contributed by atoms with Gasteiger partial charge in [-0.2, -0.15) is 0 Å². The quantitative estimate of drug-likeness (QED) is 0.599. The molecule has 21 heavy (non-hydrogen) atoms. The van der Waals surface area contributed by atoms with Crippen molar-refractivity contribution < 1.29 is 13.9 Å². The number of ether oxygens (including phenoxy) is 1. The molecular weight excluding hydrogens is 267 g/mol. The number of ketones is 1. The van der Waals surface area contributed by atoms with Crippen molar-refractivity contribution in [3.05, 3.63) is 71.0 Å². The van der Waals surface area contributed by atoms with Crippen LogP contribution < -0.4 is 4.74 Å². The third kappa shape index (κ3) is 4.02. The van der Waals surface area contributed by atoms with E-state index in [1.165, 1.54) is 18.2 Å². The molecule has 0 amide bonds. The Morgan fingerprint density at radius 2 is 1.90 bits per heavy atom. The molecule has 0 unspecified atom stereocenters. The van der Waals surface area contributed by atoms with Gasteiger partial charge in [-0.1, -0.05) is 18.2 Å². The van der Waals surface area contributed by atoms with Crippen LogP contribution in [0, 0.1) is 12.7 Å². The Kier molecular flexibility index (Phi) is 4.88. The van der Waals surface area contributed by atoms with E-state index in [1.807, 2.05) is 31.2 Å². The average molecular weight is 284 g/mol. The molecule has 3 heteroatoms. The Morgan fingerprint density at radius 3 is 2.52 bits per heavy atom. The fourth-order valence-corrected chi connectivity index (χ4v) is 1.91. The molecule has 0 spiro atoms. The Morgan fingerprint density at radius 1 is 1.19 bits per heavy atom. The van der Waals surface area contributed by atoms with Gasteiger partial charge in [0.05, 0.1) is 6.61 Å². The molecule has 0 fully saturated rings. The van der Waals surface area contributed by atoms with Gasteiger partial charge in [-0.3, -0.25) is 4.79 Å². The minimum absolute atomic E-state index is 0.146. The predicted octanol–water partition coefficient (Wildman–Crippen LogP) is 4.43. The largest absolute Gasteiger partial charge is 0.494 e. The number of hydrogen-bond acceptors (Lipinski definition) is 2. The smallest absolute Gasteiger partial charge is 0.185 e. The highest BCUT2D eigenvalue weighted by Gasteiger charge is 2.04. The number of rotatable bonds is 5. The van der Waals surface area contributed by atoms with E-state index in [1.54, 1.807) is 19.1 Å². The van der Waals surface area contributed by atoms with Crippen molar-refractivity contribution in [2.24, 2.45) is 0 Å². The van der Waals surface area contributed by atoms with Gasteiger partial charge in [0.15, 0.2) is 5.78 Å². The summed E-state index contributed by atoms with van der Waals surface area (Å²) in [6.45, 7) is 4.19. The maximum atomic E-state index is 13.2. The zero-order valence-electron chi connectivity index (χ0n) is 12.1. The van der Waals surface area contributed by atoms with Crippen LogP contribution in [0.15, 0.2) is 48.5 Å². The number of carbonyl (C=O) groups excluding carboxylic acids is 1. The highest BCUT2D eigenvalue weighted by Crippen LogP contribution is 2.14. The van der Waals surface area contributed by atoms with E-state index >= 15 is 0 Å². The highest BCUT2D eigenvalue weighted by molar-refractivity contribution is 6.06. The third-order valence-electron chi connectivity index (χ3n) is 3.06. The molecule has 0 N–H and O–H groups in total. The molecule has 2 aromatic rings. The van der Waals surface area contributed by atoms with Gasteiger partial charge in [0.1, 0.15) is 11.6 Å². The summed E-state index contributed by atoms with van der Waals surface area (Å²) in [5, 5.41) is 0. The first-order chi connectivity index (χ1) is 10.1. The summed E-state index contributed by atoms with van der Waals surface area (Å²) in [6, 6.07) is 11.8. The molecule has 0 aliphatic heterocycles. The molecule has 0 radical (unpaired) electrons. The molecule has 0 saturated carbocycles. The van der Waals surface area contributed by atoms with E-state index in [0.717, 1.165) is 11.3 Å². The number of benzene rings is 2. The van der Waals surface area contributed by atoms with Gasteiger partial charge in [0, 0.05) is 5.56 Å². The summed E-state index contributed by atoms with van der Waals surface area (Å²) < 4.78 is 18.5. The summed E-state index contributed by atoms with van der Waals surface area (Å²) in [5.41, 5.74) is 1.86. The van der Waals surface area contributed by atoms with Gasteiger partial charge in [-0.15, -0.1) is 0 Å². The van der Waals surface area contributed by atoms with Crippen molar-refractivity contribution in [1.82, 2.24) is 0 Å². The zero-order chi connectivity index (χ0) is 15.2. The summed E-state index contributed by atoms with van der Waals surface area (Å²) in [6.07, 6.45) is 3.22. The van der Waals surface area contributed by atoms with Crippen molar-refractivity contribution in [3.8, 4) is 5.75 Å². The van der Waals surface area contributed by atoms with Gasteiger partial charge in [0.25, 0.3) is 0 Å². The summed E-state index contributed by atoms with van der Waals surface area (Å²) in [5.74, 6) is 0.351. The molecular formula is C18H17FO2. The van der Waals surface area contributed by atoms with E-state index in [4.69, 9.17) is 4.74 Å². The number of aryl methyl sites for hydroxylation is 1. The van der Waals surface area contributed by atoms with E-state index in [0.29, 0.717) is 17.7 Å². The molecule has 0 heterocycles. The molecule has 0 bridgehead atoms. The molecule has 0 atom stereocenters. The van der Waals surface area contributed by atoms with E-state index in [2.05, 4.69) is 0 Å². The first kappa shape index (κ1) is 15.0. The van der Waals surface area contributed by atoms with Gasteiger partial charge >= 0.3 is 0 Å².